The molecule has 2 aromatic carbocycles. The normalized spacial score (nSPS) is 21.5. The van der Waals surface area contributed by atoms with Crippen molar-refractivity contribution in [3.8, 4) is 22.5 Å². The summed E-state index contributed by atoms with van der Waals surface area (Å²) in [5.74, 6) is -0.462. The number of hydrogen-bond donors (Lipinski definition) is 6. The highest BCUT2D eigenvalue weighted by atomic mass is 16.6. The van der Waals surface area contributed by atoms with Gasteiger partial charge < -0.3 is 36.0 Å². The molecule has 4 aromatic rings. The first kappa shape index (κ1) is 42.7. The number of pyridine rings is 1. The monoisotopic (exact) mass is 834 g/mol. The summed E-state index contributed by atoms with van der Waals surface area (Å²) in [7, 11) is 0. The van der Waals surface area contributed by atoms with E-state index >= 15 is 0 Å². The number of carboxylic acid groups (broad SMARTS) is 1. The van der Waals surface area contributed by atoms with Crippen LogP contribution in [0, 0.1) is 18.8 Å². The standard InChI is InChI=1S/C44H54N10O7/c1-25-19-36(40(56)48-32-21-33-17-18-34(22-32)54(33)43(59)60)45-24-35(25)28-9-5-26(6-10-28)20-37(41(57)47-31-15-13-29(14-16-31)38-50-52-53-51-38)49-39(55)30-11-7-27(8-12-30)23-46-42(58)61-44(2,3)4/h5-6,9-10,13-16,19,24,27,30,32-34,37H,7-8,11-12,17-18,20-23H2,1-4H3,(H,46,58)(H,47,57)(H,48,56)(H,49,55)(H,59,60)(H,50,51,52,53)/t27?,30?,32?,33-,34+,37-/m0/s1. The molecule has 0 radical (unpaired) electrons. The quantitative estimate of drug-likeness (QED) is 0.102. The fourth-order valence-electron chi connectivity index (χ4n) is 8.79. The predicted octanol–water partition coefficient (Wildman–Crippen LogP) is 5.64. The minimum Gasteiger partial charge on any atom is -0.465 e. The number of H-pyrrole nitrogens is 1. The van der Waals surface area contributed by atoms with Gasteiger partial charge in [0.1, 0.15) is 17.3 Å². The zero-order valence-electron chi connectivity index (χ0n) is 34.9. The summed E-state index contributed by atoms with van der Waals surface area (Å²) in [5, 5.41) is 35.5. The molecule has 1 aliphatic carbocycles. The average Bonchev–Trinajstić information content (AvgIpc) is 3.86. The Morgan fingerprint density at radius 3 is 2.20 bits per heavy atom. The summed E-state index contributed by atoms with van der Waals surface area (Å²) in [6.07, 6.45) is 6.16. The maximum Gasteiger partial charge on any atom is 0.407 e. The topological polar surface area (TPSA) is 234 Å². The van der Waals surface area contributed by atoms with E-state index in [0.29, 0.717) is 49.4 Å². The molecule has 7 rings (SSSR count). The molecule has 2 aliphatic heterocycles. The average molecular weight is 835 g/mol. The molecule has 2 saturated heterocycles. The van der Waals surface area contributed by atoms with E-state index in [0.717, 1.165) is 53.5 Å². The highest BCUT2D eigenvalue weighted by Gasteiger charge is 2.44. The molecule has 1 saturated carbocycles. The number of nitrogens with zero attached hydrogens (tertiary/aromatic N) is 5. The number of tetrazole rings is 1. The van der Waals surface area contributed by atoms with Gasteiger partial charge in [0.25, 0.3) is 5.91 Å². The van der Waals surface area contributed by atoms with Gasteiger partial charge in [0.05, 0.1) is 0 Å². The van der Waals surface area contributed by atoms with Gasteiger partial charge in [-0.3, -0.25) is 19.4 Å². The first-order chi connectivity index (χ1) is 29.2. The number of amides is 5. The molecule has 17 heteroatoms. The van der Waals surface area contributed by atoms with Crippen molar-refractivity contribution in [1.29, 1.82) is 0 Å². The number of benzene rings is 2. The maximum absolute atomic E-state index is 13.9. The molecular formula is C44H54N10O7. The van der Waals surface area contributed by atoms with Gasteiger partial charge in [-0.15, -0.1) is 10.2 Å². The number of aromatic amines is 1. The van der Waals surface area contributed by atoms with Crippen LogP contribution >= 0.6 is 0 Å². The van der Waals surface area contributed by atoms with Gasteiger partial charge in [0.2, 0.25) is 17.6 Å². The summed E-state index contributed by atoms with van der Waals surface area (Å²) in [4.78, 5) is 70.7. The van der Waals surface area contributed by atoms with Crippen molar-refractivity contribution in [2.45, 2.75) is 115 Å². The summed E-state index contributed by atoms with van der Waals surface area (Å²) >= 11 is 0. The molecular weight excluding hydrogens is 781 g/mol. The van der Waals surface area contributed by atoms with Crippen molar-refractivity contribution in [1.82, 2.24) is 46.5 Å². The van der Waals surface area contributed by atoms with E-state index in [1.54, 1.807) is 41.4 Å². The Kier molecular flexibility index (Phi) is 12.9. The molecule has 3 fully saturated rings. The molecule has 4 heterocycles. The molecule has 1 unspecified atom stereocenters. The molecule has 3 aliphatic rings. The Balaban J connectivity index is 0.984. The van der Waals surface area contributed by atoms with Gasteiger partial charge in [-0.1, -0.05) is 24.3 Å². The van der Waals surface area contributed by atoms with Crippen molar-refractivity contribution in [2.75, 3.05) is 11.9 Å². The van der Waals surface area contributed by atoms with Crippen LogP contribution in [0.1, 0.15) is 93.8 Å². The second kappa shape index (κ2) is 18.5. The smallest absolute Gasteiger partial charge is 0.407 e. The second-order valence-corrected chi connectivity index (χ2v) is 17.5. The van der Waals surface area contributed by atoms with Gasteiger partial charge in [-0.25, -0.2) is 9.59 Å². The van der Waals surface area contributed by atoms with Gasteiger partial charge in [0, 0.05) is 60.0 Å². The Labute approximate surface area is 354 Å². The summed E-state index contributed by atoms with van der Waals surface area (Å²) in [6, 6.07) is 15.4. The van der Waals surface area contributed by atoms with Crippen LogP contribution in [0.25, 0.3) is 22.5 Å². The van der Waals surface area contributed by atoms with Crippen LogP contribution in [0.15, 0.2) is 60.8 Å². The van der Waals surface area contributed by atoms with Gasteiger partial charge in [-0.2, -0.15) is 5.21 Å². The van der Waals surface area contributed by atoms with Crippen LogP contribution in [0.4, 0.5) is 15.3 Å². The molecule has 2 bridgehead atoms. The summed E-state index contributed by atoms with van der Waals surface area (Å²) in [5.41, 5.74) is 4.39. The van der Waals surface area contributed by atoms with Crippen LogP contribution in [0.5, 0.6) is 0 Å². The van der Waals surface area contributed by atoms with Crippen LogP contribution in [-0.4, -0.2) is 102 Å². The van der Waals surface area contributed by atoms with E-state index in [1.807, 2.05) is 52.0 Å². The van der Waals surface area contributed by atoms with Crippen molar-refractivity contribution in [2.24, 2.45) is 11.8 Å². The fraction of sp³-hybridized carbons (Fsp3) is 0.477. The Morgan fingerprint density at radius 2 is 1.59 bits per heavy atom. The van der Waals surface area contributed by atoms with Crippen molar-refractivity contribution in [3.05, 3.63) is 77.6 Å². The largest absolute Gasteiger partial charge is 0.465 e. The fourth-order valence-corrected chi connectivity index (χ4v) is 8.79. The first-order valence-corrected chi connectivity index (χ1v) is 21.0. The molecule has 5 amide bonds. The highest BCUT2D eigenvalue weighted by molar-refractivity contribution is 5.98. The number of nitrogens with one attached hydrogen (secondary N) is 5. The number of fused-ring (bicyclic) bond motifs is 2. The molecule has 6 N–H and O–H groups in total. The summed E-state index contributed by atoms with van der Waals surface area (Å²) < 4.78 is 5.36. The maximum atomic E-state index is 13.9. The molecule has 322 valence electrons. The van der Waals surface area contributed by atoms with E-state index in [-0.39, 0.29) is 54.1 Å². The second-order valence-electron chi connectivity index (χ2n) is 17.5. The molecule has 4 atom stereocenters. The SMILES string of the molecule is Cc1cc(C(=O)NC2C[C@H]3CC[C@@H](C2)N3C(=O)O)ncc1-c1ccc(C[C@H](NC(=O)C2CCC(CNC(=O)OC(C)(C)C)CC2)C(=O)Nc2ccc(-c3nn[nH]n3)cc2)cc1. The van der Waals surface area contributed by atoms with Crippen LogP contribution < -0.4 is 21.3 Å². The number of aryl methyl sites for hydroxylation is 1. The third-order valence-electron chi connectivity index (χ3n) is 11.9. The number of rotatable bonds is 12. The Hall–Kier alpha value is -6.39. The van der Waals surface area contributed by atoms with E-state index in [4.69, 9.17) is 4.74 Å². The van der Waals surface area contributed by atoms with Crippen molar-refractivity contribution in [3.63, 3.8) is 0 Å². The van der Waals surface area contributed by atoms with Crippen molar-refractivity contribution < 1.29 is 33.8 Å². The predicted molar refractivity (Wildman–Crippen MR) is 225 cm³/mol. The lowest BCUT2D eigenvalue weighted by Crippen LogP contribution is -2.52. The third-order valence-corrected chi connectivity index (χ3v) is 11.9. The zero-order chi connectivity index (χ0) is 43.3. The zero-order valence-corrected chi connectivity index (χ0v) is 34.9. The Bertz CT molecular complexity index is 2190. The number of alkyl carbamates (subject to hydrolysis) is 1. The van der Waals surface area contributed by atoms with Crippen LogP contribution in [-0.2, 0) is 20.7 Å². The van der Waals surface area contributed by atoms with Gasteiger partial charge in [0.15, 0.2) is 0 Å². The molecule has 2 aromatic heterocycles. The minimum absolute atomic E-state index is 0.0723. The lowest BCUT2D eigenvalue weighted by Gasteiger charge is -2.37. The number of carbonyl (C=O) groups excluding carboxylic acids is 4. The molecule has 61 heavy (non-hydrogen) atoms. The number of aromatic nitrogens is 5. The number of hydrogen-bond acceptors (Lipinski definition) is 10. The van der Waals surface area contributed by atoms with Crippen molar-refractivity contribution >= 4 is 35.6 Å². The Morgan fingerprint density at radius 1 is 0.918 bits per heavy atom. The lowest BCUT2D eigenvalue weighted by atomic mass is 9.81. The van der Waals surface area contributed by atoms with E-state index in [9.17, 15) is 29.1 Å². The van der Waals surface area contributed by atoms with E-state index in [1.165, 1.54) is 0 Å². The number of anilines is 1. The number of carbonyl (C=O) groups is 5. The van der Waals surface area contributed by atoms with Crippen LogP contribution in [0.3, 0.4) is 0 Å². The van der Waals surface area contributed by atoms with Gasteiger partial charge in [-0.05, 0) is 137 Å². The first-order valence-electron chi connectivity index (χ1n) is 21.0. The lowest BCUT2D eigenvalue weighted by molar-refractivity contribution is -0.130. The van der Waals surface area contributed by atoms with Crippen LogP contribution in [0.2, 0.25) is 0 Å². The summed E-state index contributed by atoms with van der Waals surface area (Å²) in [6.45, 7) is 7.85. The molecule has 0 spiro atoms. The van der Waals surface area contributed by atoms with Gasteiger partial charge >= 0.3 is 12.2 Å². The minimum atomic E-state index is -0.895. The number of piperidine rings is 1. The van der Waals surface area contributed by atoms with E-state index in [2.05, 4.69) is 46.9 Å². The number of ether oxygens (including phenoxy) is 1. The van der Waals surface area contributed by atoms with E-state index < -0.39 is 23.8 Å². The highest BCUT2D eigenvalue weighted by Crippen LogP contribution is 2.36. The third kappa shape index (κ3) is 10.9. The molecule has 17 nitrogen and oxygen atoms in total.